The van der Waals surface area contributed by atoms with Crippen LogP contribution in [0.1, 0.15) is 36.8 Å². The van der Waals surface area contributed by atoms with Crippen molar-refractivity contribution in [3.63, 3.8) is 0 Å². The first kappa shape index (κ1) is 23.2. The Morgan fingerprint density at radius 3 is 2.63 bits per heavy atom. The molecule has 2 aromatic rings. The maximum atomic E-state index is 15.4. The van der Waals surface area contributed by atoms with Crippen LogP contribution < -0.4 is 0 Å². The molecule has 0 N–H and O–H groups in total. The molecule has 0 atom stereocenters. The van der Waals surface area contributed by atoms with Gasteiger partial charge in [-0.1, -0.05) is 48.0 Å². The number of sulfonamides is 1. The van der Waals surface area contributed by atoms with Crippen LogP contribution in [0.25, 0.3) is 17.2 Å². The Hall–Kier alpha value is -2.26. The fourth-order valence-corrected chi connectivity index (χ4v) is 7.26. The zero-order chi connectivity index (χ0) is 24.4. The number of benzene rings is 2. The summed E-state index contributed by atoms with van der Waals surface area (Å²) in [4.78, 5) is 13.7. The van der Waals surface area contributed by atoms with Crippen molar-refractivity contribution in [3.05, 3.63) is 58.4 Å². The van der Waals surface area contributed by atoms with E-state index in [0.717, 1.165) is 36.0 Å². The van der Waals surface area contributed by atoms with Gasteiger partial charge in [0.2, 0.25) is 15.9 Å². The van der Waals surface area contributed by atoms with Gasteiger partial charge in [0.05, 0.1) is 17.2 Å². The predicted octanol–water partition coefficient (Wildman–Crippen LogP) is 4.26. The van der Waals surface area contributed by atoms with E-state index in [1.807, 2.05) is 29.2 Å². The van der Waals surface area contributed by atoms with Crippen molar-refractivity contribution in [1.82, 2.24) is 9.21 Å². The van der Waals surface area contributed by atoms with Gasteiger partial charge in [-0.2, -0.15) is 4.31 Å². The summed E-state index contributed by atoms with van der Waals surface area (Å²) in [6.45, 7) is 0.931. The number of morpholine rings is 1. The monoisotopic (exact) mass is 516 g/mol. The molecule has 35 heavy (non-hydrogen) atoms. The Morgan fingerprint density at radius 2 is 1.89 bits per heavy atom. The van der Waals surface area contributed by atoms with Crippen LogP contribution in [-0.4, -0.2) is 61.4 Å². The summed E-state index contributed by atoms with van der Waals surface area (Å²) in [6.07, 6.45) is 7.86. The lowest BCUT2D eigenvalue weighted by molar-refractivity contribution is -0.170. The van der Waals surface area contributed by atoms with Gasteiger partial charge in [-0.25, -0.2) is 12.8 Å². The second kappa shape index (κ2) is 8.40. The quantitative estimate of drug-likeness (QED) is 0.609. The molecule has 6 rings (SSSR count). The highest BCUT2D eigenvalue weighted by molar-refractivity contribution is 7.89. The number of carbonyl (C=O) groups excluding carboxylic acids is 1. The molecule has 2 aliphatic carbocycles. The molecule has 1 spiro atoms. The van der Waals surface area contributed by atoms with E-state index >= 15 is 4.39 Å². The van der Waals surface area contributed by atoms with Crippen molar-refractivity contribution in [2.24, 2.45) is 0 Å². The molecule has 0 unspecified atom stereocenters. The van der Waals surface area contributed by atoms with E-state index in [2.05, 4.69) is 6.08 Å². The van der Waals surface area contributed by atoms with Crippen LogP contribution in [0.3, 0.4) is 0 Å². The number of ether oxygens (including phenoxy) is 1. The van der Waals surface area contributed by atoms with Gasteiger partial charge >= 0.3 is 0 Å². The lowest BCUT2D eigenvalue weighted by atomic mass is 9.90. The van der Waals surface area contributed by atoms with Gasteiger partial charge in [0.25, 0.3) is 0 Å². The van der Waals surface area contributed by atoms with Crippen LogP contribution in [0.4, 0.5) is 4.39 Å². The Bertz CT molecular complexity index is 1350. The fourth-order valence-electron chi connectivity index (χ4n) is 5.42. The zero-order valence-corrected chi connectivity index (χ0v) is 20.7. The highest BCUT2D eigenvalue weighted by atomic mass is 35.5. The molecule has 1 amide bonds. The molecular weight excluding hydrogens is 491 g/mol. The number of allylic oxidation sites excluding steroid dienone is 1. The van der Waals surface area contributed by atoms with Gasteiger partial charge in [0, 0.05) is 24.7 Å². The smallest absolute Gasteiger partial charge is 0.248 e. The molecule has 6 nitrogen and oxygen atoms in total. The first-order valence-corrected chi connectivity index (χ1v) is 13.8. The molecule has 9 heteroatoms. The van der Waals surface area contributed by atoms with Gasteiger partial charge < -0.3 is 9.64 Å². The first-order valence-electron chi connectivity index (χ1n) is 12.0. The third-order valence-electron chi connectivity index (χ3n) is 7.66. The lowest BCUT2D eigenvalue weighted by Crippen LogP contribution is -2.59. The minimum absolute atomic E-state index is 0.00427. The number of piperidine rings is 1. The lowest BCUT2D eigenvalue weighted by Gasteiger charge is -2.46. The second-order valence-corrected chi connectivity index (χ2v) is 12.2. The van der Waals surface area contributed by atoms with Gasteiger partial charge in [0.1, 0.15) is 11.5 Å². The third kappa shape index (κ3) is 4.00. The molecule has 0 radical (unpaired) electrons. The summed E-state index contributed by atoms with van der Waals surface area (Å²) >= 11 is 6.38. The van der Waals surface area contributed by atoms with E-state index < -0.39 is 26.3 Å². The number of fused-ring (bicyclic) bond motifs is 1. The summed E-state index contributed by atoms with van der Waals surface area (Å²) in [6, 6.07) is 8.98. The van der Waals surface area contributed by atoms with Crippen LogP contribution in [0.5, 0.6) is 0 Å². The standard InChI is InChI=1S/C26H26ClFN2O4S/c27-24-21(19-5-4-17-2-1-3-18(17)14-19)8-9-22(25(24)28)35(32,33)29-12-10-26(11-13-29)16-30(20-6-7-20)23(31)15-34-26/h1-2,4-5,8-9,14,20H,3,6-7,10-13,15-16H2. The molecule has 2 heterocycles. The number of hydrogen-bond acceptors (Lipinski definition) is 4. The molecule has 1 saturated carbocycles. The highest BCUT2D eigenvalue weighted by Gasteiger charge is 2.47. The molecule has 2 aliphatic heterocycles. The molecule has 2 saturated heterocycles. The van der Waals surface area contributed by atoms with Crippen molar-refractivity contribution in [3.8, 4) is 11.1 Å². The molecule has 3 fully saturated rings. The first-order chi connectivity index (χ1) is 16.8. The molecule has 184 valence electrons. The predicted molar refractivity (Wildman–Crippen MR) is 131 cm³/mol. The number of nitrogens with zero attached hydrogens (tertiary/aromatic N) is 2. The normalized spacial score (nSPS) is 22.1. The van der Waals surface area contributed by atoms with Crippen LogP contribution >= 0.6 is 11.6 Å². The van der Waals surface area contributed by atoms with Crippen molar-refractivity contribution >= 4 is 33.6 Å². The van der Waals surface area contributed by atoms with E-state index in [0.29, 0.717) is 31.0 Å². The molecular formula is C26H26ClFN2O4S. The van der Waals surface area contributed by atoms with Crippen molar-refractivity contribution < 1.29 is 22.3 Å². The van der Waals surface area contributed by atoms with Crippen LogP contribution in [0, 0.1) is 5.82 Å². The van der Waals surface area contributed by atoms with Crippen LogP contribution in [0.15, 0.2) is 41.3 Å². The largest absolute Gasteiger partial charge is 0.363 e. The molecule has 0 bridgehead atoms. The summed E-state index contributed by atoms with van der Waals surface area (Å²) in [7, 11) is -4.08. The average Bonchev–Trinajstić information content (AvgIpc) is 3.59. The van der Waals surface area contributed by atoms with Crippen LogP contribution in [-0.2, 0) is 26.0 Å². The second-order valence-electron chi connectivity index (χ2n) is 9.89. The highest BCUT2D eigenvalue weighted by Crippen LogP contribution is 2.39. The van der Waals surface area contributed by atoms with Gasteiger partial charge in [0.15, 0.2) is 5.82 Å². The zero-order valence-electron chi connectivity index (χ0n) is 19.2. The van der Waals surface area contributed by atoms with E-state index in [-0.39, 0.29) is 30.6 Å². The minimum atomic E-state index is -4.08. The van der Waals surface area contributed by atoms with Crippen molar-refractivity contribution in [1.29, 1.82) is 0 Å². The van der Waals surface area contributed by atoms with Crippen LogP contribution in [0.2, 0.25) is 5.02 Å². The van der Waals surface area contributed by atoms with Gasteiger partial charge in [-0.05, 0) is 54.9 Å². The SMILES string of the molecule is O=C1COC2(CCN(S(=O)(=O)c3ccc(-c4ccc5c(c4)CC=C5)c(Cl)c3F)CC2)CN1C1CC1. The molecule has 4 aliphatic rings. The van der Waals surface area contributed by atoms with Gasteiger partial charge in [-0.15, -0.1) is 0 Å². The van der Waals surface area contributed by atoms with Crippen molar-refractivity contribution in [2.45, 2.75) is 48.6 Å². The summed E-state index contributed by atoms with van der Waals surface area (Å²) in [5.41, 5.74) is 2.94. The molecule has 0 aromatic heterocycles. The van der Waals surface area contributed by atoms with E-state index in [1.54, 1.807) is 6.07 Å². The van der Waals surface area contributed by atoms with E-state index in [9.17, 15) is 13.2 Å². The number of halogens is 2. The fraction of sp³-hybridized carbons (Fsp3) is 0.423. The maximum absolute atomic E-state index is 15.4. The van der Waals surface area contributed by atoms with Gasteiger partial charge in [-0.3, -0.25) is 4.79 Å². The van der Waals surface area contributed by atoms with E-state index in [4.69, 9.17) is 16.3 Å². The van der Waals surface area contributed by atoms with Crippen molar-refractivity contribution in [2.75, 3.05) is 26.2 Å². The number of rotatable bonds is 4. The van der Waals surface area contributed by atoms with E-state index in [1.165, 1.54) is 10.4 Å². The summed E-state index contributed by atoms with van der Waals surface area (Å²) < 4.78 is 49.4. The number of amides is 1. The Balaban J connectivity index is 1.22. The summed E-state index contributed by atoms with van der Waals surface area (Å²) in [5.74, 6) is -0.924. The minimum Gasteiger partial charge on any atom is -0.363 e. The average molecular weight is 517 g/mol. The maximum Gasteiger partial charge on any atom is 0.248 e. The Kier molecular flexibility index (Phi) is 5.56. The number of carbonyl (C=O) groups is 1. The Labute approximate surface area is 209 Å². The Morgan fingerprint density at radius 1 is 1.11 bits per heavy atom. The topological polar surface area (TPSA) is 66.9 Å². The number of hydrogen-bond donors (Lipinski definition) is 0. The molecule has 2 aromatic carbocycles. The third-order valence-corrected chi connectivity index (χ3v) is 9.94. The summed E-state index contributed by atoms with van der Waals surface area (Å²) in [5, 5.41) is -0.195.